The highest BCUT2D eigenvalue weighted by Crippen LogP contribution is 2.33. The van der Waals surface area contributed by atoms with Crippen molar-refractivity contribution in [3.05, 3.63) is 52.8 Å². The molecule has 0 atom stereocenters. The Kier molecular flexibility index (Phi) is 6.14. The molecule has 2 heterocycles. The minimum Gasteiger partial charge on any atom is -0.447 e. The van der Waals surface area contributed by atoms with E-state index in [0.29, 0.717) is 17.2 Å². The minimum absolute atomic E-state index is 0.185. The fourth-order valence-electron chi connectivity index (χ4n) is 3.02. The van der Waals surface area contributed by atoms with Crippen LogP contribution in [-0.4, -0.2) is 36.0 Å². The van der Waals surface area contributed by atoms with Gasteiger partial charge in [0.25, 0.3) is 0 Å². The molecule has 1 N–H and O–H groups in total. The van der Waals surface area contributed by atoms with E-state index in [2.05, 4.69) is 16.4 Å². The van der Waals surface area contributed by atoms with Crippen molar-refractivity contribution in [2.45, 2.75) is 6.54 Å². The Morgan fingerprint density at radius 2 is 2.14 bits per heavy atom. The van der Waals surface area contributed by atoms with Gasteiger partial charge in [-0.3, -0.25) is 4.98 Å². The first-order valence-corrected chi connectivity index (χ1v) is 8.95. The summed E-state index contributed by atoms with van der Waals surface area (Å²) in [4.78, 5) is 15.9. The summed E-state index contributed by atoms with van der Waals surface area (Å²) in [7, 11) is 3.42. The van der Waals surface area contributed by atoms with Crippen LogP contribution in [0.2, 0.25) is 5.02 Å². The molecule has 3 aromatic rings. The normalized spacial score (nSPS) is 10.6. The van der Waals surface area contributed by atoms with E-state index in [-0.39, 0.29) is 13.2 Å². The van der Waals surface area contributed by atoms with E-state index in [4.69, 9.17) is 21.1 Å². The van der Waals surface area contributed by atoms with Gasteiger partial charge >= 0.3 is 6.09 Å². The first kappa shape index (κ1) is 19.7. The molecule has 0 unspecified atom stereocenters. The average Bonchev–Trinajstić information content (AvgIpc) is 2.98. The lowest BCUT2D eigenvalue weighted by molar-refractivity contribution is 0.0983. The van der Waals surface area contributed by atoms with Crippen LogP contribution in [0.4, 0.5) is 4.79 Å². The van der Waals surface area contributed by atoms with Gasteiger partial charge in [-0.1, -0.05) is 11.6 Å². The molecule has 0 aliphatic rings. The van der Waals surface area contributed by atoms with E-state index in [1.165, 1.54) is 7.11 Å². The Hall–Kier alpha value is -3.08. The third-order valence-electron chi connectivity index (χ3n) is 4.30. The summed E-state index contributed by atoms with van der Waals surface area (Å²) in [6.07, 6.45) is 2.82. The first-order chi connectivity index (χ1) is 13.5. The highest BCUT2D eigenvalue weighted by Gasteiger charge is 2.17. The highest BCUT2D eigenvalue weighted by molar-refractivity contribution is 6.31. The van der Waals surface area contributed by atoms with Crippen LogP contribution in [-0.2, 0) is 23.1 Å². The van der Waals surface area contributed by atoms with Crippen LogP contribution in [0.1, 0.15) is 11.1 Å². The predicted octanol–water partition coefficient (Wildman–Crippen LogP) is 3.64. The number of hydrogen-bond donors (Lipinski definition) is 1. The average molecular weight is 399 g/mol. The lowest BCUT2D eigenvalue weighted by Crippen LogP contribution is -2.25. The molecule has 1 aromatic carbocycles. The van der Waals surface area contributed by atoms with Gasteiger partial charge in [0.1, 0.15) is 12.7 Å². The van der Waals surface area contributed by atoms with Gasteiger partial charge in [0.05, 0.1) is 23.4 Å². The number of carbonyl (C=O) groups excluding carboxylic acids is 1. The third kappa shape index (κ3) is 4.09. The van der Waals surface area contributed by atoms with E-state index >= 15 is 0 Å². The lowest BCUT2D eigenvalue weighted by Gasteiger charge is -2.09. The van der Waals surface area contributed by atoms with Crippen molar-refractivity contribution in [1.29, 1.82) is 5.26 Å². The number of benzene rings is 1. The maximum absolute atomic E-state index is 11.7. The second kappa shape index (κ2) is 8.74. The number of alkyl carbamates (subject to hydrolysis) is 1. The smallest absolute Gasteiger partial charge is 0.407 e. The molecule has 0 radical (unpaired) electrons. The van der Waals surface area contributed by atoms with Crippen LogP contribution in [0.3, 0.4) is 0 Å². The molecular weight excluding hydrogens is 380 g/mol. The van der Waals surface area contributed by atoms with E-state index in [1.807, 2.05) is 29.8 Å². The number of pyridine rings is 1. The number of aromatic nitrogens is 2. The van der Waals surface area contributed by atoms with Crippen molar-refractivity contribution >= 4 is 28.6 Å². The summed E-state index contributed by atoms with van der Waals surface area (Å²) < 4.78 is 11.7. The monoisotopic (exact) mass is 398 g/mol. The number of carbonyl (C=O) groups is 1. The molecule has 0 aliphatic carbocycles. The Balaban J connectivity index is 1.87. The number of methoxy groups -OCH3 is 1. The molecule has 28 heavy (non-hydrogen) atoms. The standard InChI is InChI=1S/C20H19ClN4O3/c1-25-18-8-15(21)3-4-16(18)17(9-22)19(25)14-7-13(10-23-12-14)11-24-20(26)28-6-5-27-2/h3-4,7-8,10,12H,5-6,11H2,1-2H3,(H,24,26). The number of nitriles is 1. The summed E-state index contributed by atoms with van der Waals surface area (Å²) >= 11 is 6.11. The van der Waals surface area contributed by atoms with Crippen molar-refractivity contribution in [3.8, 4) is 17.3 Å². The summed E-state index contributed by atoms with van der Waals surface area (Å²) in [6, 6.07) is 9.61. The number of fused-ring (bicyclic) bond motifs is 1. The molecule has 0 saturated carbocycles. The van der Waals surface area contributed by atoms with Gasteiger partial charge in [0.2, 0.25) is 0 Å². The Morgan fingerprint density at radius 1 is 1.32 bits per heavy atom. The molecule has 3 rings (SSSR count). The largest absolute Gasteiger partial charge is 0.447 e. The van der Waals surface area contributed by atoms with Gasteiger partial charge < -0.3 is 19.4 Å². The van der Waals surface area contributed by atoms with E-state index in [1.54, 1.807) is 18.5 Å². The van der Waals surface area contributed by atoms with Gasteiger partial charge in [-0.2, -0.15) is 5.26 Å². The Morgan fingerprint density at radius 3 is 2.89 bits per heavy atom. The van der Waals surface area contributed by atoms with Crippen LogP contribution in [0.5, 0.6) is 0 Å². The maximum atomic E-state index is 11.7. The van der Waals surface area contributed by atoms with Crippen molar-refractivity contribution in [2.24, 2.45) is 7.05 Å². The number of hydrogen-bond acceptors (Lipinski definition) is 5. The molecule has 0 spiro atoms. The zero-order valence-corrected chi connectivity index (χ0v) is 16.3. The molecular formula is C20H19ClN4O3. The zero-order valence-electron chi connectivity index (χ0n) is 15.5. The zero-order chi connectivity index (χ0) is 20.1. The van der Waals surface area contributed by atoms with E-state index in [0.717, 1.165) is 27.7 Å². The molecule has 7 nitrogen and oxygen atoms in total. The van der Waals surface area contributed by atoms with Crippen LogP contribution in [0, 0.1) is 11.3 Å². The van der Waals surface area contributed by atoms with Gasteiger partial charge in [0.15, 0.2) is 0 Å². The molecule has 1 amide bonds. The van der Waals surface area contributed by atoms with E-state index < -0.39 is 6.09 Å². The Labute approximate surface area is 167 Å². The predicted molar refractivity (Wildman–Crippen MR) is 106 cm³/mol. The van der Waals surface area contributed by atoms with E-state index in [9.17, 15) is 10.1 Å². The fraction of sp³-hybridized carbons (Fsp3) is 0.250. The molecule has 0 fully saturated rings. The number of aryl methyl sites for hydroxylation is 1. The van der Waals surface area contributed by atoms with Gasteiger partial charge in [-0.25, -0.2) is 4.79 Å². The number of rotatable bonds is 6. The van der Waals surface area contributed by atoms with Gasteiger partial charge in [0, 0.05) is 49.1 Å². The van der Waals surface area contributed by atoms with Crippen molar-refractivity contribution < 1.29 is 14.3 Å². The number of halogens is 1. The number of nitrogens with one attached hydrogen (secondary N) is 1. The number of ether oxygens (including phenoxy) is 2. The summed E-state index contributed by atoms with van der Waals surface area (Å²) in [5, 5.41) is 13.8. The maximum Gasteiger partial charge on any atom is 0.407 e. The Bertz CT molecular complexity index is 1060. The van der Waals surface area contributed by atoms with Crippen LogP contribution < -0.4 is 5.32 Å². The summed E-state index contributed by atoms with van der Waals surface area (Å²) in [5.41, 5.74) is 3.73. The summed E-state index contributed by atoms with van der Waals surface area (Å²) in [6.45, 7) is 0.779. The van der Waals surface area contributed by atoms with Crippen molar-refractivity contribution in [3.63, 3.8) is 0 Å². The van der Waals surface area contributed by atoms with Crippen molar-refractivity contribution in [1.82, 2.24) is 14.9 Å². The minimum atomic E-state index is -0.528. The molecule has 0 saturated heterocycles. The van der Waals surface area contributed by atoms with Gasteiger partial charge in [-0.15, -0.1) is 0 Å². The summed E-state index contributed by atoms with van der Waals surface area (Å²) in [5.74, 6) is 0. The topological polar surface area (TPSA) is 89.2 Å². The highest BCUT2D eigenvalue weighted by atomic mass is 35.5. The quantitative estimate of drug-likeness (QED) is 0.640. The van der Waals surface area contributed by atoms with Crippen LogP contribution in [0.25, 0.3) is 22.2 Å². The first-order valence-electron chi connectivity index (χ1n) is 8.57. The third-order valence-corrected chi connectivity index (χ3v) is 4.54. The molecule has 144 valence electrons. The van der Waals surface area contributed by atoms with Gasteiger partial charge in [-0.05, 0) is 29.8 Å². The molecule has 0 aliphatic heterocycles. The fourth-order valence-corrected chi connectivity index (χ4v) is 3.18. The second-order valence-corrected chi connectivity index (χ2v) is 6.56. The molecule has 2 aromatic heterocycles. The number of amides is 1. The number of nitrogens with zero attached hydrogens (tertiary/aromatic N) is 3. The van der Waals surface area contributed by atoms with Crippen LogP contribution >= 0.6 is 11.6 Å². The van der Waals surface area contributed by atoms with Crippen molar-refractivity contribution in [2.75, 3.05) is 20.3 Å². The lowest BCUT2D eigenvalue weighted by atomic mass is 10.1. The van der Waals surface area contributed by atoms with Crippen LogP contribution in [0.15, 0.2) is 36.7 Å². The molecule has 8 heteroatoms. The molecule has 0 bridgehead atoms. The SMILES string of the molecule is COCCOC(=O)NCc1cncc(-c2c(C#N)c3ccc(Cl)cc3n2C)c1. The second-order valence-electron chi connectivity index (χ2n) is 6.12.